The first-order valence-electron chi connectivity index (χ1n) is 5.96. The molecule has 104 valence electrons. The maximum absolute atomic E-state index is 11.0. The van der Waals surface area contributed by atoms with Gasteiger partial charge < -0.3 is 15.7 Å². The third kappa shape index (κ3) is 3.58. The molecule has 1 aromatic heterocycles. The zero-order chi connectivity index (χ0) is 14.0. The fourth-order valence-electron chi connectivity index (χ4n) is 2.40. The Hall–Kier alpha value is -0.850. The van der Waals surface area contributed by atoms with Crippen LogP contribution in [0.1, 0.15) is 19.3 Å². The van der Waals surface area contributed by atoms with E-state index in [2.05, 4.69) is 20.9 Å². The fourth-order valence-corrected chi connectivity index (χ4v) is 3.15. The van der Waals surface area contributed by atoms with Crippen molar-refractivity contribution in [2.75, 3.05) is 18.0 Å². The summed E-state index contributed by atoms with van der Waals surface area (Å²) in [5.74, 6) is 0.117. The van der Waals surface area contributed by atoms with Gasteiger partial charge in [0.2, 0.25) is 5.91 Å². The first-order chi connectivity index (χ1) is 8.89. The summed E-state index contributed by atoms with van der Waals surface area (Å²) in [4.78, 5) is 17.2. The van der Waals surface area contributed by atoms with Crippen LogP contribution in [0.5, 0.6) is 0 Å². The average molecular weight is 349 g/mol. The molecule has 0 aromatic carbocycles. The number of rotatable bonds is 3. The number of piperidine rings is 1. The van der Waals surface area contributed by atoms with Crippen molar-refractivity contribution in [3.8, 4) is 0 Å². The predicted octanol–water partition coefficient (Wildman–Crippen LogP) is 1.70. The monoisotopic (exact) mass is 347 g/mol. The zero-order valence-electron chi connectivity index (χ0n) is 10.3. The minimum atomic E-state index is -1.10. The fraction of sp³-hybridized carbons (Fsp3) is 0.500. The van der Waals surface area contributed by atoms with E-state index in [9.17, 15) is 9.90 Å². The van der Waals surface area contributed by atoms with Crippen LogP contribution < -0.4 is 10.6 Å². The van der Waals surface area contributed by atoms with Crippen molar-refractivity contribution in [3.05, 3.63) is 21.8 Å². The number of hydrogen-bond acceptors (Lipinski definition) is 4. The van der Waals surface area contributed by atoms with Gasteiger partial charge >= 0.3 is 0 Å². The van der Waals surface area contributed by atoms with Crippen LogP contribution in [0, 0.1) is 0 Å². The van der Waals surface area contributed by atoms with Crippen molar-refractivity contribution < 1.29 is 9.90 Å². The number of carbonyl (C=O) groups excluding carboxylic acids is 1. The van der Waals surface area contributed by atoms with Gasteiger partial charge in [-0.25, -0.2) is 4.98 Å². The number of pyridine rings is 1. The number of aromatic nitrogens is 1. The van der Waals surface area contributed by atoms with Gasteiger partial charge in [0.15, 0.2) is 0 Å². The quantitative estimate of drug-likeness (QED) is 0.871. The lowest BCUT2D eigenvalue weighted by molar-refractivity contribution is -0.123. The molecule has 0 aliphatic carbocycles. The standard InChI is InChI=1S/C12H15BrClN3O2/c13-8-4-9(14)11(16-6-8)17-3-1-2-12(19,7-17)5-10(15)18/h4,6,19H,1-3,5,7H2,(H2,15,18). The molecule has 1 aliphatic heterocycles. The molecule has 1 amide bonds. The molecular weight excluding hydrogens is 334 g/mol. The molecule has 1 aliphatic rings. The molecule has 1 fully saturated rings. The van der Waals surface area contributed by atoms with Gasteiger partial charge in [0.05, 0.1) is 17.0 Å². The molecule has 1 saturated heterocycles. The smallest absolute Gasteiger partial charge is 0.220 e. The van der Waals surface area contributed by atoms with Gasteiger partial charge in [-0.15, -0.1) is 0 Å². The molecule has 0 radical (unpaired) electrons. The summed E-state index contributed by atoms with van der Waals surface area (Å²) in [5.41, 5.74) is 4.08. The Bertz CT molecular complexity index is 500. The van der Waals surface area contributed by atoms with E-state index in [4.69, 9.17) is 17.3 Å². The Balaban J connectivity index is 2.19. The molecule has 2 heterocycles. The average Bonchev–Trinajstić information content (AvgIpc) is 2.26. The Morgan fingerprint density at radius 2 is 2.42 bits per heavy atom. The first kappa shape index (κ1) is 14.6. The lowest BCUT2D eigenvalue weighted by Crippen LogP contribution is -2.50. The van der Waals surface area contributed by atoms with E-state index in [1.54, 1.807) is 12.3 Å². The Morgan fingerprint density at radius 3 is 3.05 bits per heavy atom. The molecule has 19 heavy (non-hydrogen) atoms. The highest BCUT2D eigenvalue weighted by molar-refractivity contribution is 9.10. The van der Waals surface area contributed by atoms with E-state index in [0.717, 1.165) is 17.4 Å². The summed E-state index contributed by atoms with van der Waals surface area (Å²) in [6.07, 6.45) is 2.93. The lowest BCUT2D eigenvalue weighted by Gasteiger charge is -2.39. The molecule has 1 aromatic rings. The van der Waals surface area contributed by atoms with E-state index in [1.807, 2.05) is 4.90 Å². The van der Waals surface area contributed by atoms with Crippen LogP contribution in [0.15, 0.2) is 16.7 Å². The molecule has 0 saturated carbocycles. The second-order valence-corrected chi connectivity index (χ2v) is 6.17. The molecule has 3 N–H and O–H groups in total. The summed E-state index contributed by atoms with van der Waals surface area (Å²) in [6.45, 7) is 1.06. The Morgan fingerprint density at radius 1 is 1.68 bits per heavy atom. The van der Waals surface area contributed by atoms with Crippen molar-refractivity contribution in [3.63, 3.8) is 0 Å². The van der Waals surface area contributed by atoms with Crippen molar-refractivity contribution >= 4 is 39.3 Å². The topological polar surface area (TPSA) is 79.5 Å². The van der Waals surface area contributed by atoms with Crippen LogP contribution in [0.2, 0.25) is 5.02 Å². The number of amides is 1. The zero-order valence-corrected chi connectivity index (χ0v) is 12.6. The van der Waals surface area contributed by atoms with Gasteiger partial charge in [-0.3, -0.25) is 4.79 Å². The molecule has 1 unspecified atom stereocenters. The normalized spacial score (nSPS) is 23.4. The Labute approximate surface area is 124 Å². The maximum Gasteiger partial charge on any atom is 0.220 e. The summed E-state index contributed by atoms with van der Waals surface area (Å²) in [6, 6.07) is 1.76. The van der Waals surface area contributed by atoms with Gasteiger partial charge in [-0.2, -0.15) is 0 Å². The second-order valence-electron chi connectivity index (χ2n) is 4.85. The number of aliphatic hydroxyl groups is 1. The molecule has 5 nitrogen and oxygen atoms in total. The predicted molar refractivity (Wildman–Crippen MR) is 77.2 cm³/mol. The molecule has 0 bridgehead atoms. The highest BCUT2D eigenvalue weighted by Gasteiger charge is 2.35. The highest BCUT2D eigenvalue weighted by Crippen LogP contribution is 2.32. The van der Waals surface area contributed by atoms with Crippen LogP contribution in [-0.4, -0.2) is 34.7 Å². The summed E-state index contributed by atoms with van der Waals surface area (Å²) in [7, 11) is 0. The first-order valence-corrected chi connectivity index (χ1v) is 7.13. The van der Waals surface area contributed by atoms with Crippen LogP contribution in [0.25, 0.3) is 0 Å². The SMILES string of the molecule is NC(=O)CC1(O)CCCN(c2ncc(Br)cc2Cl)C1. The van der Waals surface area contributed by atoms with E-state index >= 15 is 0 Å². The number of carbonyl (C=O) groups is 1. The van der Waals surface area contributed by atoms with Crippen LogP contribution in [0.4, 0.5) is 5.82 Å². The highest BCUT2D eigenvalue weighted by atomic mass is 79.9. The van der Waals surface area contributed by atoms with Crippen molar-refractivity contribution in [1.29, 1.82) is 0 Å². The van der Waals surface area contributed by atoms with Crippen molar-refractivity contribution in [2.45, 2.75) is 24.9 Å². The van der Waals surface area contributed by atoms with Gasteiger partial charge in [0.1, 0.15) is 5.82 Å². The van der Waals surface area contributed by atoms with Crippen LogP contribution >= 0.6 is 27.5 Å². The second kappa shape index (κ2) is 5.64. The van der Waals surface area contributed by atoms with E-state index < -0.39 is 11.5 Å². The molecule has 0 spiro atoms. The van der Waals surface area contributed by atoms with Gasteiger partial charge in [-0.1, -0.05) is 11.6 Å². The third-order valence-electron chi connectivity index (χ3n) is 3.15. The number of nitrogens with two attached hydrogens (primary N) is 1. The van der Waals surface area contributed by atoms with Gasteiger partial charge in [-0.05, 0) is 34.8 Å². The molecule has 1 atom stereocenters. The summed E-state index contributed by atoms with van der Waals surface area (Å²) >= 11 is 9.45. The van der Waals surface area contributed by atoms with Gasteiger partial charge in [0.25, 0.3) is 0 Å². The van der Waals surface area contributed by atoms with Gasteiger partial charge in [0, 0.05) is 23.8 Å². The minimum absolute atomic E-state index is 0.0440. The minimum Gasteiger partial charge on any atom is -0.388 e. The number of primary amides is 1. The number of β-amino-alcohol motifs (C(OH)–C–C–N with tert-alkyl or cyclic N) is 1. The largest absolute Gasteiger partial charge is 0.388 e. The van der Waals surface area contributed by atoms with Crippen molar-refractivity contribution in [2.24, 2.45) is 5.73 Å². The van der Waals surface area contributed by atoms with E-state index in [1.165, 1.54) is 0 Å². The lowest BCUT2D eigenvalue weighted by atomic mass is 9.89. The molecule has 2 rings (SSSR count). The summed E-state index contributed by atoms with van der Waals surface area (Å²) in [5, 5.41) is 10.9. The molecular formula is C12H15BrClN3O2. The van der Waals surface area contributed by atoms with Crippen LogP contribution in [-0.2, 0) is 4.79 Å². The van der Waals surface area contributed by atoms with Crippen LogP contribution in [0.3, 0.4) is 0 Å². The number of hydrogen-bond donors (Lipinski definition) is 2. The number of anilines is 1. The number of halogens is 2. The van der Waals surface area contributed by atoms with E-state index in [-0.39, 0.29) is 6.42 Å². The number of nitrogens with zero attached hydrogens (tertiary/aromatic N) is 2. The van der Waals surface area contributed by atoms with E-state index in [0.29, 0.717) is 23.8 Å². The maximum atomic E-state index is 11.0. The molecule has 7 heteroatoms. The summed E-state index contributed by atoms with van der Waals surface area (Å²) < 4.78 is 0.797. The Kier molecular flexibility index (Phi) is 4.32. The third-order valence-corrected chi connectivity index (χ3v) is 3.86. The van der Waals surface area contributed by atoms with Crippen molar-refractivity contribution in [1.82, 2.24) is 4.98 Å².